The number of alkyl halides is 3. The Balaban J connectivity index is 1.99. The third-order valence-electron chi connectivity index (χ3n) is 4.95. The van der Waals surface area contributed by atoms with Gasteiger partial charge in [0, 0.05) is 31.7 Å². The maximum Gasteiger partial charge on any atom is 0.416 e. The maximum absolute atomic E-state index is 12.9. The highest BCUT2D eigenvalue weighted by Crippen LogP contribution is 2.29. The fourth-order valence-electron chi connectivity index (χ4n) is 3.10. The van der Waals surface area contributed by atoms with E-state index in [2.05, 4.69) is 4.72 Å². The molecule has 174 valence electrons. The average molecular weight is 482 g/mol. The molecule has 0 aliphatic carbocycles. The monoisotopic (exact) mass is 481 g/mol. The second-order valence-electron chi connectivity index (χ2n) is 7.05. The van der Waals surface area contributed by atoms with Crippen molar-refractivity contribution < 1.29 is 31.2 Å². The van der Waals surface area contributed by atoms with E-state index in [1.807, 2.05) is 6.26 Å². The summed E-state index contributed by atoms with van der Waals surface area (Å²) in [5.41, 5.74) is -0.688. The van der Waals surface area contributed by atoms with Gasteiger partial charge in [-0.15, -0.1) is 0 Å². The molecule has 2 amide bonds. The van der Waals surface area contributed by atoms with E-state index in [1.165, 1.54) is 28.5 Å². The van der Waals surface area contributed by atoms with Gasteiger partial charge in [-0.05, 0) is 49.6 Å². The van der Waals surface area contributed by atoms with E-state index in [-0.39, 0.29) is 43.4 Å². The second-order valence-corrected chi connectivity index (χ2v) is 10.1. The van der Waals surface area contributed by atoms with Crippen molar-refractivity contribution in [1.82, 2.24) is 14.5 Å². The smallest absolute Gasteiger partial charge is 0.338 e. The summed E-state index contributed by atoms with van der Waals surface area (Å²) in [6, 6.07) is 3.14. The van der Waals surface area contributed by atoms with E-state index in [0.717, 1.165) is 24.3 Å². The lowest BCUT2D eigenvalue weighted by atomic mass is 10.1. The standard InChI is InChI=1S/C19H26F3N3O4S2/c1-3-31(28,29)23-16(8-13-30-2)18(27)25-11-9-24(10-12-25)17(26)14-4-6-15(7-5-14)19(20,21)22/h4-7,16,23H,3,8-13H2,1-2H3. The van der Waals surface area contributed by atoms with Crippen molar-refractivity contribution in [3.05, 3.63) is 35.4 Å². The Kier molecular flexibility index (Phi) is 8.78. The number of rotatable bonds is 8. The molecule has 7 nitrogen and oxygen atoms in total. The molecule has 1 aromatic carbocycles. The third-order valence-corrected chi connectivity index (χ3v) is 7.00. The van der Waals surface area contributed by atoms with Gasteiger partial charge < -0.3 is 9.80 Å². The highest BCUT2D eigenvalue weighted by Gasteiger charge is 2.32. The lowest BCUT2D eigenvalue weighted by molar-refractivity contribution is -0.137. The molecule has 1 aliphatic rings. The molecule has 0 bridgehead atoms. The Morgan fingerprint density at radius 3 is 2.13 bits per heavy atom. The first-order valence-electron chi connectivity index (χ1n) is 9.72. The third kappa shape index (κ3) is 7.11. The zero-order chi connectivity index (χ0) is 23.2. The number of sulfonamides is 1. The van der Waals surface area contributed by atoms with Crippen LogP contribution in [0.3, 0.4) is 0 Å². The molecule has 0 spiro atoms. The molecule has 12 heteroatoms. The molecule has 1 N–H and O–H groups in total. The molecular formula is C19H26F3N3O4S2. The van der Waals surface area contributed by atoms with Crippen molar-refractivity contribution in [3.8, 4) is 0 Å². The molecule has 0 saturated carbocycles. The molecule has 2 rings (SSSR count). The van der Waals surface area contributed by atoms with Gasteiger partial charge in [0.1, 0.15) is 6.04 Å². The number of thioether (sulfide) groups is 1. The van der Waals surface area contributed by atoms with E-state index >= 15 is 0 Å². The van der Waals surface area contributed by atoms with Crippen molar-refractivity contribution in [2.75, 3.05) is 43.9 Å². The summed E-state index contributed by atoms with van der Waals surface area (Å²) in [6.07, 6.45) is -2.26. The lowest BCUT2D eigenvalue weighted by Crippen LogP contribution is -2.56. The molecule has 1 fully saturated rings. The predicted octanol–water partition coefficient (Wildman–Crippen LogP) is 2.05. The van der Waals surface area contributed by atoms with Crippen LogP contribution in [0.15, 0.2) is 24.3 Å². The highest BCUT2D eigenvalue weighted by atomic mass is 32.2. The molecule has 0 aromatic heterocycles. The minimum absolute atomic E-state index is 0.133. The first-order chi connectivity index (χ1) is 14.5. The molecule has 1 aromatic rings. The van der Waals surface area contributed by atoms with Crippen LogP contribution in [0.2, 0.25) is 0 Å². The van der Waals surface area contributed by atoms with Crippen LogP contribution in [0.25, 0.3) is 0 Å². The van der Waals surface area contributed by atoms with Gasteiger partial charge in [0.2, 0.25) is 15.9 Å². The first kappa shape index (κ1) is 25.5. The zero-order valence-electron chi connectivity index (χ0n) is 17.3. The molecule has 0 radical (unpaired) electrons. The number of piperazine rings is 1. The summed E-state index contributed by atoms with van der Waals surface area (Å²) in [7, 11) is -3.56. The van der Waals surface area contributed by atoms with Gasteiger partial charge in [-0.3, -0.25) is 9.59 Å². The number of carbonyl (C=O) groups is 2. The first-order valence-corrected chi connectivity index (χ1v) is 12.8. The van der Waals surface area contributed by atoms with Crippen LogP contribution >= 0.6 is 11.8 Å². The van der Waals surface area contributed by atoms with Crippen LogP contribution in [0.5, 0.6) is 0 Å². The maximum atomic E-state index is 12.9. The molecule has 1 aliphatic heterocycles. The lowest BCUT2D eigenvalue weighted by Gasteiger charge is -2.36. The van der Waals surface area contributed by atoms with Crippen LogP contribution < -0.4 is 4.72 Å². The van der Waals surface area contributed by atoms with Crippen LogP contribution in [0.1, 0.15) is 29.3 Å². The summed E-state index contributed by atoms with van der Waals surface area (Å²) in [5.74, 6) is -0.278. The average Bonchev–Trinajstić information content (AvgIpc) is 2.75. The van der Waals surface area contributed by atoms with Crippen molar-refractivity contribution in [3.63, 3.8) is 0 Å². The topological polar surface area (TPSA) is 86.8 Å². The molecule has 1 atom stereocenters. The highest BCUT2D eigenvalue weighted by molar-refractivity contribution is 7.98. The van der Waals surface area contributed by atoms with Crippen molar-refractivity contribution in [2.24, 2.45) is 0 Å². The van der Waals surface area contributed by atoms with Crippen molar-refractivity contribution in [2.45, 2.75) is 25.6 Å². The van der Waals surface area contributed by atoms with E-state index < -0.39 is 33.7 Å². The summed E-state index contributed by atoms with van der Waals surface area (Å²) < 4.78 is 64.4. The fraction of sp³-hybridized carbons (Fsp3) is 0.579. The molecular weight excluding hydrogens is 455 g/mol. The van der Waals surface area contributed by atoms with E-state index in [1.54, 1.807) is 0 Å². The quantitative estimate of drug-likeness (QED) is 0.614. The van der Waals surface area contributed by atoms with Gasteiger partial charge in [-0.2, -0.15) is 24.9 Å². The van der Waals surface area contributed by atoms with Gasteiger partial charge in [0.15, 0.2) is 0 Å². The van der Waals surface area contributed by atoms with E-state index in [9.17, 15) is 31.2 Å². The SMILES string of the molecule is CCS(=O)(=O)NC(CCSC)C(=O)N1CCN(C(=O)c2ccc(C(F)(F)F)cc2)CC1. The Morgan fingerprint density at radius 2 is 1.65 bits per heavy atom. The van der Waals surface area contributed by atoms with E-state index in [4.69, 9.17) is 0 Å². The Labute approximate surface area is 184 Å². The Bertz CT molecular complexity index is 868. The van der Waals surface area contributed by atoms with Gasteiger partial charge in [-0.25, -0.2) is 13.1 Å². The molecule has 1 saturated heterocycles. The summed E-state index contributed by atoms with van der Waals surface area (Å²) in [5, 5.41) is 0. The number of amides is 2. The molecule has 31 heavy (non-hydrogen) atoms. The van der Waals surface area contributed by atoms with Crippen LogP contribution in [0, 0.1) is 0 Å². The Hall–Kier alpha value is -1.79. The summed E-state index contributed by atoms with van der Waals surface area (Å²) >= 11 is 1.50. The number of hydrogen-bond acceptors (Lipinski definition) is 5. The molecule has 1 unspecified atom stereocenters. The minimum Gasteiger partial charge on any atom is -0.338 e. The second kappa shape index (κ2) is 10.7. The zero-order valence-corrected chi connectivity index (χ0v) is 18.9. The number of benzene rings is 1. The van der Waals surface area contributed by atoms with E-state index in [0.29, 0.717) is 12.2 Å². The predicted molar refractivity (Wildman–Crippen MR) is 113 cm³/mol. The summed E-state index contributed by atoms with van der Waals surface area (Å²) in [6.45, 7) is 2.34. The van der Waals surface area contributed by atoms with Gasteiger partial charge >= 0.3 is 6.18 Å². The van der Waals surface area contributed by atoms with Crippen LogP contribution in [-0.2, 0) is 21.0 Å². The van der Waals surface area contributed by atoms with Gasteiger partial charge in [0.05, 0.1) is 11.3 Å². The number of halogens is 3. The number of nitrogens with zero attached hydrogens (tertiary/aromatic N) is 2. The van der Waals surface area contributed by atoms with Crippen LogP contribution in [-0.4, -0.2) is 80.0 Å². The van der Waals surface area contributed by atoms with Crippen molar-refractivity contribution in [1.29, 1.82) is 0 Å². The van der Waals surface area contributed by atoms with Gasteiger partial charge in [-0.1, -0.05) is 0 Å². The van der Waals surface area contributed by atoms with Gasteiger partial charge in [0.25, 0.3) is 5.91 Å². The fourth-order valence-corrected chi connectivity index (χ4v) is 4.39. The van der Waals surface area contributed by atoms with Crippen molar-refractivity contribution >= 4 is 33.6 Å². The minimum atomic E-state index is -4.47. The Morgan fingerprint density at radius 1 is 1.10 bits per heavy atom. The summed E-state index contributed by atoms with van der Waals surface area (Å²) in [4.78, 5) is 28.4. The number of nitrogens with one attached hydrogen (secondary N) is 1. The normalized spacial score (nSPS) is 16.3. The number of hydrogen-bond donors (Lipinski definition) is 1. The number of carbonyl (C=O) groups excluding carboxylic acids is 2. The largest absolute Gasteiger partial charge is 0.416 e. The molecule has 1 heterocycles. The van der Waals surface area contributed by atoms with Crippen LogP contribution in [0.4, 0.5) is 13.2 Å².